The lowest BCUT2D eigenvalue weighted by Gasteiger charge is -2.09. The van der Waals surface area contributed by atoms with Crippen molar-refractivity contribution in [3.63, 3.8) is 0 Å². The van der Waals surface area contributed by atoms with Crippen molar-refractivity contribution in [1.29, 1.82) is 0 Å². The summed E-state index contributed by atoms with van der Waals surface area (Å²) in [5.74, 6) is -1.44. The van der Waals surface area contributed by atoms with Crippen LogP contribution in [-0.2, 0) is 6.61 Å². The number of nitrogens with zero attached hydrogens (tertiary/aromatic N) is 1. The second-order valence-electron chi connectivity index (χ2n) is 6.42. The zero-order valence-electron chi connectivity index (χ0n) is 16.1. The first-order valence-electron chi connectivity index (χ1n) is 8.92. The van der Waals surface area contributed by atoms with Crippen LogP contribution in [0, 0.1) is 5.82 Å². The van der Waals surface area contributed by atoms with Crippen LogP contribution in [-0.4, -0.2) is 35.4 Å². The molecule has 0 spiro atoms. The number of benzene rings is 1. The molecule has 0 unspecified atom stereocenters. The molecular weight excluding hydrogens is 421 g/mol. The average molecular weight is 444 g/mol. The van der Waals surface area contributed by atoms with Crippen LogP contribution in [0.25, 0.3) is 0 Å². The van der Waals surface area contributed by atoms with E-state index in [-0.39, 0.29) is 33.6 Å². The molecule has 0 aliphatic carbocycles. The van der Waals surface area contributed by atoms with Gasteiger partial charge in [-0.15, -0.1) is 0 Å². The van der Waals surface area contributed by atoms with Gasteiger partial charge in [0.05, 0.1) is 0 Å². The van der Waals surface area contributed by atoms with Crippen LogP contribution in [0.2, 0.25) is 5.02 Å². The summed E-state index contributed by atoms with van der Waals surface area (Å²) in [4.78, 5) is 23.8. The number of carbonyl (C=O) groups excluding carboxylic acids is 2. The monoisotopic (exact) mass is 443 g/mol. The highest BCUT2D eigenvalue weighted by Crippen LogP contribution is 2.31. The number of primary amides is 1. The topological polar surface area (TPSA) is 118 Å². The number of amides is 3. The summed E-state index contributed by atoms with van der Waals surface area (Å²) in [5, 5.41) is 8.88. The zero-order valence-corrected chi connectivity index (χ0v) is 17.6. The predicted molar refractivity (Wildman–Crippen MR) is 111 cm³/mol. The molecule has 1 aromatic heterocycles. The fourth-order valence-corrected chi connectivity index (χ4v) is 3.18. The lowest BCUT2D eigenvalue weighted by atomic mass is 10.2. The first-order chi connectivity index (χ1) is 13.8. The number of halogens is 2. The Balaban J connectivity index is 1.95. The van der Waals surface area contributed by atoms with Crippen molar-refractivity contribution in [2.45, 2.75) is 32.9 Å². The molecule has 29 heavy (non-hydrogen) atoms. The van der Waals surface area contributed by atoms with Gasteiger partial charge in [0.25, 0.3) is 5.91 Å². The van der Waals surface area contributed by atoms with Gasteiger partial charge in [0.2, 0.25) is 5.88 Å². The number of nitrogens with one attached hydrogen (secondary N) is 3. The van der Waals surface area contributed by atoms with Gasteiger partial charge in [-0.25, -0.2) is 9.18 Å². The highest BCUT2D eigenvalue weighted by Gasteiger charge is 2.22. The van der Waals surface area contributed by atoms with Crippen molar-refractivity contribution in [2.75, 3.05) is 18.4 Å². The minimum Gasteiger partial charge on any atom is -0.471 e. The predicted octanol–water partition coefficient (Wildman–Crippen LogP) is 3.12. The van der Waals surface area contributed by atoms with Crippen LogP contribution in [0.5, 0.6) is 5.88 Å². The minimum absolute atomic E-state index is 0.0685. The van der Waals surface area contributed by atoms with Crippen LogP contribution in [0.15, 0.2) is 18.2 Å². The van der Waals surface area contributed by atoms with Gasteiger partial charge in [-0.2, -0.15) is 4.37 Å². The number of aromatic nitrogens is 1. The molecular formula is C18H23ClFN5O3S. The van der Waals surface area contributed by atoms with Gasteiger partial charge >= 0.3 is 6.03 Å². The highest BCUT2D eigenvalue weighted by atomic mass is 35.5. The number of urea groups is 1. The summed E-state index contributed by atoms with van der Waals surface area (Å²) in [5.41, 5.74) is 5.57. The van der Waals surface area contributed by atoms with E-state index in [0.717, 1.165) is 30.6 Å². The van der Waals surface area contributed by atoms with Gasteiger partial charge in [-0.1, -0.05) is 31.5 Å². The maximum Gasteiger partial charge on any atom is 0.319 e. The van der Waals surface area contributed by atoms with Crippen molar-refractivity contribution in [3.8, 4) is 5.88 Å². The maximum absolute atomic E-state index is 13.9. The quantitative estimate of drug-likeness (QED) is 0.421. The van der Waals surface area contributed by atoms with E-state index in [9.17, 15) is 14.0 Å². The molecule has 1 heterocycles. The Morgan fingerprint density at radius 3 is 2.76 bits per heavy atom. The van der Waals surface area contributed by atoms with E-state index in [2.05, 4.69) is 20.3 Å². The van der Waals surface area contributed by atoms with Gasteiger partial charge < -0.3 is 21.1 Å². The van der Waals surface area contributed by atoms with Gasteiger partial charge in [-0.05, 0) is 36.6 Å². The standard InChI is InChI=1S/C18H23ClFN5O3S/c1-10(2)22-6-3-7-23-18(27)24-17-14(15(21)26)16(25-29-17)28-9-11-4-5-12(19)8-13(11)20/h4-5,8,10,22H,3,6-7,9H2,1-2H3,(H2,21,26)(H2,23,24,27). The largest absolute Gasteiger partial charge is 0.471 e. The molecule has 0 fully saturated rings. The second-order valence-corrected chi connectivity index (χ2v) is 7.63. The third kappa shape index (κ3) is 7.15. The Morgan fingerprint density at radius 2 is 2.10 bits per heavy atom. The molecule has 0 bridgehead atoms. The lowest BCUT2D eigenvalue weighted by Crippen LogP contribution is -2.32. The Hall–Kier alpha value is -2.43. The minimum atomic E-state index is -0.818. The first-order valence-corrected chi connectivity index (χ1v) is 10.1. The summed E-state index contributed by atoms with van der Waals surface area (Å²) in [7, 11) is 0. The summed E-state index contributed by atoms with van der Waals surface area (Å²) in [6.45, 7) is 5.12. The van der Waals surface area contributed by atoms with E-state index in [1.807, 2.05) is 13.8 Å². The van der Waals surface area contributed by atoms with E-state index in [1.54, 1.807) is 0 Å². The van der Waals surface area contributed by atoms with Gasteiger partial charge in [0.15, 0.2) is 0 Å². The SMILES string of the molecule is CC(C)NCCCNC(=O)Nc1snc(OCc2ccc(Cl)cc2F)c1C(N)=O. The number of carbonyl (C=O) groups is 2. The molecule has 2 aromatic rings. The molecule has 0 radical (unpaired) electrons. The molecule has 0 atom stereocenters. The van der Waals surface area contributed by atoms with E-state index in [4.69, 9.17) is 22.1 Å². The molecule has 11 heteroatoms. The number of rotatable bonds is 10. The number of hydrogen-bond donors (Lipinski definition) is 4. The van der Waals surface area contributed by atoms with Crippen molar-refractivity contribution in [1.82, 2.24) is 15.0 Å². The van der Waals surface area contributed by atoms with E-state index < -0.39 is 17.8 Å². The number of anilines is 1. The fraction of sp³-hybridized carbons (Fsp3) is 0.389. The molecule has 0 saturated carbocycles. The molecule has 2 rings (SSSR count). The van der Waals surface area contributed by atoms with Crippen molar-refractivity contribution >= 4 is 40.1 Å². The number of nitrogens with two attached hydrogens (primary N) is 1. The van der Waals surface area contributed by atoms with Crippen LogP contribution < -0.4 is 26.4 Å². The van der Waals surface area contributed by atoms with Crippen molar-refractivity contribution in [3.05, 3.63) is 40.2 Å². The first kappa shape index (κ1) is 22.9. The van der Waals surface area contributed by atoms with Crippen LogP contribution >= 0.6 is 23.1 Å². The average Bonchev–Trinajstić information content (AvgIpc) is 3.03. The molecule has 5 N–H and O–H groups in total. The Kier molecular flexibility index (Phi) is 8.62. The molecule has 158 valence electrons. The number of ether oxygens (including phenoxy) is 1. The normalized spacial score (nSPS) is 10.8. The van der Waals surface area contributed by atoms with Crippen LogP contribution in [0.3, 0.4) is 0 Å². The lowest BCUT2D eigenvalue weighted by molar-refractivity contribution is 0.0996. The third-order valence-electron chi connectivity index (χ3n) is 3.71. The van der Waals surface area contributed by atoms with Gasteiger partial charge in [-0.3, -0.25) is 10.1 Å². The Bertz CT molecular complexity index is 862. The summed E-state index contributed by atoms with van der Waals surface area (Å²) in [6, 6.07) is 4.03. The Morgan fingerprint density at radius 1 is 1.34 bits per heavy atom. The molecule has 1 aromatic carbocycles. The molecule has 3 amide bonds. The van der Waals surface area contributed by atoms with E-state index in [1.165, 1.54) is 12.1 Å². The van der Waals surface area contributed by atoms with E-state index >= 15 is 0 Å². The second kappa shape index (κ2) is 10.9. The molecule has 0 aliphatic heterocycles. The van der Waals surface area contributed by atoms with Crippen LogP contribution in [0.1, 0.15) is 36.2 Å². The van der Waals surface area contributed by atoms with Crippen molar-refractivity contribution < 1.29 is 18.7 Å². The third-order valence-corrected chi connectivity index (χ3v) is 4.69. The highest BCUT2D eigenvalue weighted by molar-refractivity contribution is 7.11. The van der Waals surface area contributed by atoms with Crippen molar-refractivity contribution in [2.24, 2.45) is 5.73 Å². The van der Waals surface area contributed by atoms with Gasteiger partial charge in [0.1, 0.15) is 23.0 Å². The summed E-state index contributed by atoms with van der Waals surface area (Å²) in [6.07, 6.45) is 0.748. The summed E-state index contributed by atoms with van der Waals surface area (Å²) >= 11 is 6.57. The molecule has 0 saturated heterocycles. The Labute approximate surface area is 177 Å². The zero-order chi connectivity index (χ0) is 21.4. The summed E-state index contributed by atoms with van der Waals surface area (Å²) < 4.78 is 23.3. The smallest absolute Gasteiger partial charge is 0.319 e. The molecule has 8 nitrogen and oxygen atoms in total. The fourth-order valence-electron chi connectivity index (χ4n) is 2.29. The van der Waals surface area contributed by atoms with E-state index in [0.29, 0.717) is 12.6 Å². The van der Waals surface area contributed by atoms with Crippen LogP contribution in [0.4, 0.5) is 14.2 Å². The maximum atomic E-state index is 13.9. The molecule has 0 aliphatic rings. The van der Waals surface area contributed by atoms with Gasteiger partial charge in [0, 0.05) is 23.2 Å². The number of hydrogen-bond acceptors (Lipinski definition) is 6.